The van der Waals surface area contributed by atoms with Crippen LogP contribution in [0, 0.1) is 11.3 Å². The Kier molecular flexibility index (Phi) is 6.18. The van der Waals surface area contributed by atoms with Crippen molar-refractivity contribution in [1.82, 2.24) is 5.32 Å². The maximum absolute atomic E-state index is 11.4. The largest absolute Gasteiger partial charge is 0.480 e. The molecule has 4 heteroatoms. The number of hydrogen-bond donors (Lipinski definition) is 2. The van der Waals surface area contributed by atoms with Gasteiger partial charge in [-0.05, 0) is 37.7 Å². The third kappa shape index (κ3) is 4.33. The van der Waals surface area contributed by atoms with Crippen LogP contribution in [0.15, 0.2) is 30.3 Å². The summed E-state index contributed by atoms with van der Waals surface area (Å²) in [4.78, 5) is 11.4. The maximum atomic E-state index is 11.4. The van der Waals surface area contributed by atoms with Crippen LogP contribution in [0.5, 0.6) is 0 Å². The first-order chi connectivity index (χ1) is 11.1. The van der Waals surface area contributed by atoms with Gasteiger partial charge in [0, 0.05) is 6.04 Å². The lowest BCUT2D eigenvalue weighted by Crippen LogP contribution is -2.46. The second-order valence-corrected chi connectivity index (χ2v) is 6.53. The second-order valence-electron chi connectivity index (χ2n) is 6.53. The Bertz CT molecular complexity index is 542. The predicted molar refractivity (Wildman–Crippen MR) is 90.1 cm³/mol. The average Bonchev–Trinajstić information content (AvgIpc) is 2.60. The quantitative estimate of drug-likeness (QED) is 0.806. The van der Waals surface area contributed by atoms with Crippen molar-refractivity contribution in [3.05, 3.63) is 35.9 Å². The number of unbranched alkanes of at least 4 members (excludes halogenated alkanes) is 1. The third-order valence-electron chi connectivity index (χ3n) is 4.96. The minimum Gasteiger partial charge on any atom is -0.480 e. The number of aliphatic carboxylic acids is 1. The fraction of sp³-hybridized carbons (Fsp3) is 0.579. The van der Waals surface area contributed by atoms with Crippen LogP contribution >= 0.6 is 0 Å². The average molecular weight is 314 g/mol. The first kappa shape index (κ1) is 17.5. The molecule has 4 nitrogen and oxygen atoms in total. The summed E-state index contributed by atoms with van der Waals surface area (Å²) in [6.07, 6.45) is 5.85. The first-order valence-corrected chi connectivity index (χ1v) is 8.57. The maximum Gasteiger partial charge on any atom is 0.320 e. The Hall–Kier alpha value is -1.86. The summed E-state index contributed by atoms with van der Waals surface area (Å²) in [5, 5.41) is 22.3. The van der Waals surface area contributed by atoms with Crippen molar-refractivity contribution in [2.75, 3.05) is 0 Å². The number of rotatable bonds is 7. The second kappa shape index (κ2) is 8.12. The van der Waals surface area contributed by atoms with E-state index in [0.29, 0.717) is 6.42 Å². The summed E-state index contributed by atoms with van der Waals surface area (Å²) in [5.74, 6) is -0.765. The normalized spacial score (nSPS) is 25.5. The summed E-state index contributed by atoms with van der Waals surface area (Å²) >= 11 is 0. The molecule has 1 aromatic carbocycles. The smallest absolute Gasteiger partial charge is 0.320 e. The van der Waals surface area contributed by atoms with Crippen LogP contribution in [-0.4, -0.2) is 23.2 Å². The van der Waals surface area contributed by atoms with Gasteiger partial charge in [0.2, 0.25) is 0 Å². The van der Waals surface area contributed by atoms with Crippen LogP contribution in [0.3, 0.4) is 0 Å². The molecule has 2 rings (SSSR count). The van der Waals surface area contributed by atoms with E-state index in [1.165, 1.54) is 0 Å². The summed E-state index contributed by atoms with van der Waals surface area (Å²) in [7, 11) is 0. The molecule has 0 saturated heterocycles. The van der Waals surface area contributed by atoms with E-state index in [4.69, 9.17) is 0 Å². The molecule has 2 N–H and O–H groups in total. The van der Waals surface area contributed by atoms with Crippen LogP contribution in [0.1, 0.15) is 57.4 Å². The van der Waals surface area contributed by atoms with Crippen LogP contribution in [0.2, 0.25) is 0 Å². The predicted octanol–water partition coefficient (Wildman–Crippen LogP) is 3.62. The van der Waals surface area contributed by atoms with E-state index in [1.807, 2.05) is 30.3 Å². The van der Waals surface area contributed by atoms with Gasteiger partial charge in [-0.1, -0.05) is 50.1 Å². The molecule has 0 radical (unpaired) electrons. The van der Waals surface area contributed by atoms with Gasteiger partial charge in [0.25, 0.3) is 0 Å². The van der Waals surface area contributed by atoms with E-state index < -0.39 is 17.4 Å². The van der Waals surface area contributed by atoms with Gasteiger partial charge in [0.1, 0.15) is 6.04 Å². The molecule has 1 saturated carbocycles. The number of hydrogen-bond acceptors (Lipinski definition) is 3. The summed E-state index contributed by atoms with van der Waals surface area (Å²) in [5.41, 5.74) is 0.670. The van der Waals surface area contributed by atoms with Gasteiger partial charge in [0.15, 0.2) is 0 Å². The van der Waals surface area contributed by atoms with Crippen molar-refractivity contribution in [3.8, 4) is 6.07 Å². The molecular weight excluding hydrogens is 288 g/mol. The standard InChI is InChI=1S/C19H26N2O2/c1-2-3-9-17(18(22)23)21-16-10-12-19(14-20,13-11-16)15-7-5-4-6-8-15/h4-8,16-17,21H,2-3,9-13H2,1H3,(H,22,23). The highest BCUT2D eigenvalue weighted by Crippen LogP contribution is 2.39. The Morgan fingerprint density at radius 3 is 2.57 bits per heavy atom. The Labute approximate surface area is 138 Å². The molecule has 1 unspecified atom stereocenters. The number of carboxylic acids is 1. The van der Waals surface area contributed by atoms with Crippen molar-refractivity contribution in [3.63, 3.8) is 0 Å². The van der Waals surface area contributed by atoms with Crippen LogP contribution in [-0.2, 0) is 10.2 Å². The molecule has 1 aromatic rings. The van der Waals surface area contributed by atoms with Crippen molar-refractivity contribution in [2.45, 2.75) is 69.4 Å². The summed E-state index contributed by atoms with van der Waals surface area (Å²) < 4.78 is 0. The molecule has 0 amide bonds. The van der Waals surface area contributed by atoms with Gasteiger partial charge < -0.3 is 10.4 Å². The molecule has 1 fully saturated rings. The van der Waals surface area contributed by atoms with Gasteiger partial charge in [-0.15, -0.1) is 0 Å². The van der Waals surface area contributed by atoms with Gasteiger partial charge >= 0.3 is 5.97 Å². The lowest BCUT2D eigenvalue weighted by molar-refractivity contribution is -0.140. The lowest BCUT2D eigenvalue weighted by Gasteiger charge is -2.36. The molecular formula is C19H26N2O2. The molecule has 0 bridgehead atoms. The molecule has 0 spiro atoms. The van der Waals surface area contributed by atoms with Crippen LogP contribution in [0.4, 0.5) is 0 Å². The van der Waals surface area contributed by atoms with Crippen molar-refractivity contribution >= 4 is 5.97 Å². The molecule has 0 aromatic heterocycles. The van der Waals surface area contributed by atoms with Gasteiger partial charge in [-0.3, -0.25) is 4.79 Å². The number of carbonyl (C=O) groups is 1. The number of nitriles is 1. The Morgan fingerprint density at radius 1 is 1.39 bits per heavy atom. The monoisotopic (exact) mass is 314 g/mol. The minimum atomic E-state index is -0.765. The summed E-state index contributed by atoms with van der Waals surface area (Å²) in [6, 6.07) is 12.2. The number of nitrogens with one attached hydrogen (secondary N) is 1. The third-order valence-corrected chi connectivity index (χ3v) is 4.96. The van der Waals surface area contributed by atoms with Gasteiger partial charge in [-0.25, -0.2) is 0 Å². The lowest BCUT2D eigenvalue weighted by atomic mass is 9.69. The zero-order valence-electron chi connectivity index (χ0n) is 13.8. The fourth-order valence-electron chi connectivity index (χ4n) is 3.47. The number of nitrogens with zero attached hydrogens (tertiary/aromatic N) is 1. The molecule has 124 valence electrons. The van der Waals surface area contributed by atoms with E-state index in [2.05, 4.69) is 18.3 Å². The SMILES string of the molecule is CCCCC(NC1CCC(C#N)(c2ccccc2)CC1)C(=O)O. The molecule has 1 atom stereocenters. The van der Waals surface area contributed by atoms with Crippen molar-refractivity contribution < 1.29 is 9.90 Å². The van der Waals surface area contributed by atoms with E-state index in [1.54, 1.807) is 0 Å². The van der Waals surface area contributed by atoms with Crippen LogP contribution < -0.4 is 5.32 Å². The van der Waals surface area contributed by atoms with Gasteiger partial charge in [-0.2, -0.15) is 5.26 Å². The highest BCUT2D eigenvalue weighted by Gasteiger charge is 2.37. The number of carboxylic acid groups (broad SMARTS) is 1. The Morgan fingerprint density at radius 2 is 2.04 bits per heavy atom. The molecule has 1 aliphatic carbocycles. The highest BCUT2D eigenvalue weighted by atomic mass is 16.4. The topological polar surface area (TPSA) is 73.1 Å². The zero-order chi connectivity index (χ0) is 16.7. The van der Waals surface area contributed by atoms with E-state index in [0.717, 1.165) is 44.1 Å². The number of benzene rings is 1. The van der Waals surface area contributed by atoms with Crippen LogP contribution in [0.25, 0.3) is 0 Å². The van der Waals surface area contributed by atoms with E-state index in [-0.39, 0.29) is 6.04 Å². The molecule has 23 heavy (non-hydrogen) atoms. The minimum absolute atomic E-state index is 0.193. The van der Waals surface area contributed by atoms with Crippen molar-refractivity contribution in [1.29, 1.82) is 5.26 Å². The zero-order valence-corrected chi connectivity index (χ0v) is 13.8. The van der Waals surface area contributed by atoms with Crippen molar-refractivity contribution in [2.24, 2.45) is 0 Å². The molecule has 1 aliphatic rings. The van der Waals surface area contributed by atoms with Gasteiger partial charge in [0.05, 0.1) is 11.5 Å². The highest BCUT2D eigenvalue weighted by molar-refractivity contribution is 5.73. The molecule has 0 heterocycles. The van der Waals surface area contributed by atoms with E-state index in [9.17, 15) is 15.2 Å². The molecule has 0 aliphatic heterocycles. The van der Waals surface area contributed by atoms with E-state index >= 15 is 0 Å². The summed E-state index contributed by atoms with van der Waals surface area (Å²) in [6.45, 7) is 2.07. The fourth-order valence-corrected chi connectivity index (χ4v) is 3.47. The Balaban J connectivity index is 1.97. The first-order valence-electron chi connectivity index (χ1n) is 8.57.